The number of ether oxygens (including phenoxy) is 2. The van der Waals surface area contributed by atoms with Crippen LogP contribution in [-0.4, -0.2) is 59.8 Å². The van der Waals surface area contributed by atoms with E-state index in [1.807, 2.05) is 84.9 Å². The molecule has 8 nitrogen and oxygen atoms in total. The number of rotatable bonds is 11. The summed E-state index contributed by atoms with van der Waals surface area (Å²) in [6, 6.07) is 25.8. The summed E-state index contributed by atoms with van der Waals surface area (Å²) in [5, 5.41) is 28.2. The van der Waals surface area contributed by atoms with E-state index in [4.69, 9.17) is 9.47 Å². The second-order valence-corrected chi connectivity index (χ2v) is 11.0. The van der Waals surface area contributed by atoms with Crippen LogP contribution in [0.4, 0.5) is 4.79 Å². The van der Waals surface area contributed by atoms with Crippen LogP contribution in [0.3, 0.4) is 0 Å². The highest BCUT2D eigenvalue weighted by Gasteiger charge is 2.35. The first kappa shape index (κ1) is 28.8. The van der Waals surface area contributed by atoms with Crippen molar-refractivity contribution < 1.29 is 29.3 Å². The quantitative estimate of drug-likeness (QED) is 0.286. The second kappa shape index (κ2) is 13.8. The Morgan fingerprint density at radius 2 is 1.59 bits per heavy atom. The zero-order valence-electron chi connectivity index (χ0n) is 23.0. The highest BCUT2D eigenvalue weighted by Crippen LogP contribution is 2.32. The van der Waals surface area contributed by atoms with E-state index in [-0.39, 0.29) is 18.4 Å². The van der Waals surface area contributed by atoms with Crippen molar-refractivity contribution in [3.05, 3.63) is 107 Å². The van der Waals surface area contributed by atoms with E-state index in [2.05, 4.69) is 10.6 Å². The van der Waals surface area contributed by atoms with Crippen molar-refractivity contribution in [2.24, 2.45) is 5.92 Å². The number of carbonyl (C=O) groups is 2. The van der Waals surface area contributed by atoms with E-state index >= 15 is 0 Å². The Morgan fingerprint density at radius 3 is 2.27 bits per heavy atom. The number of benzene rings is 3. The van der Waals surface area contributed by atoms with Gasteiger partial charge in [-0.2, -0.15) is 0 Å². The van der Waals surface area contributed by atoms with E-state index in [1.54, 1.807) is 0 Å². The topological polar surface area (TPSA) is 117 Å². The molecule has 8 heteroatoms. The molecule has 1 heterocycles. The number of alkyl carbamates (subject to hydrolysis) is 1. The van der Waals surface area contributed by atoms with Crippen molar-refractivity contribution in [2.75, 3.05) is 13.2 Å². The monoisotopic (exact) mass is 558 g/mol. The van der Waals surface area contributed by atoms with Gasteiger partial charge in [-0.15, -0.1) is 0 Å². The zero-order valence-corrected chi connectivity index (χ0v) is 23.0. The summed E-state index contributed by atoms with van der Waals surface area (Å²) in [7, 11) is 0. The van der Waals surface area contributed by atoms with Gasteiger partial charge in [-0.25, -0.2) is 4.79 Å². The fraction of sp³-hybridized carbons (Fsp3) is 0.394. The Labute approximate surface area is 240 Å². The molecule has 1 fully saturated rings. The summed E-state index contributed by atoms with van der Waals surface area (Å²) in [6.45, 7) is 0.902. The van der Waals surface area contributed by atoms with Crippen LogP contribution in [0, 0.1) is 5.92 Å². The van der Waals surface area contributed by atoms with Gasteiger partial charge in [0.05, 0.1) is 37.5 Å². The minimum absolute atomic E-state index is 0.107. The minimum Gasteiger partial charge on any atom is -0.444 e. The summed E-state index contributed by atoms with van der Waals surface area (Å²) < 4.78 is 10.8. The Balaban J connectivity index is 1.33. The number of amides is 2. The van der Waals surface area contributed by atoms with Gasteiger partial charge < -0.3 is 30.3 Å². The van der Waals surface area contributed by atoms with Gasteiger partial charge in [-0.05, 0) is 41.5 Å². The molecule has 0 saturated carbocycles. The molecule has 1 aliphatic heterocycles. The summed E-state index contributed by atoms with van der Waals surface area (Å²) >= 11 is 0. The first-order valence-electron chi connectivity index (χ1n) is 14.3. The van der Waals surface area contributed by atoms with E-state index in [0.717, 1.165) is 22.3 Å². The molecule has 5 rings (SSSR count). The molecule has 3 aromatic carbocycles. The number of hydrogen-bond acceptors (Lipinski definition) is 6. The molecular weight excluding hydrogens is 520 g/mol. The van der Waals surface area contributed by atoms with E-state index in [1.165, 1.54) is 0 Å². The normalized spacial score (nSPS) is 21.9. The first-order chi connectivity index (χ1) is 20.0. The van der Waals surface area contributed by atoms with Crippen LogP contribution < -0.4 is 10.6 Å². The lowest BCUT2D eigenvalue weighted by molar-refractivity contribution is -0.127. The number of nitrogens with one attached hydrogen (secondary N) is 2. The number of carbonyl (C=O) groups excluding carboxylic acids is 2. The molecule has 3 aromatic rings. The molecule has 41 heavy (non-hydrogen) atoms. The maximum atomic E-state index is 13.8. The lowest BCUT2D eigenvalue weighted by Gasteiger charge is -2.29. The largest absolute Gasteiger partial charge is 0.444 e. The van der Waals surface area contributed by atoms with Gasteiger partial charge in [0, 0.05) is 18.8 Å². The van der Waals surface area contributed by atoms with Gasteiger partial charge in [0.1, 0.15) is 6.10 Å². The Morgan fingerprint density at radius 1 is 0.927 bits per heavy atom. The number of hydrogen-bond donors (Lipinski definition) is 4. The molecule has 0 spiro atoms. The van der Waals surface area contributed by atoms with Gasteiger partial charge in [0.15, 0.2) is 0 Å². The molecule has 2 amide bonds. The average Bonchev–Trinajstić information content (AvgIpc) is 3.60. The molecule has 4 N–H and O–H groups in total. The lowest BCUT2D eigenvalue weighted by Crippen LogP contribution is -2.48. The standard InChI is InChI=1S/C33H38N2O6/c36-29(28(18-23-11-5-2-6-12-23)34-33(39)41-26-15-16-40-21-26)20-25(17-22-9-3-1-4-10-22)32(38)35-31-27-14-8-7-13-24(27)19-30(31)37/h1-14,25-26,28-31,36-37H,15-21H2,(H,34,39)(H,35,38)/t25-,26-,28+,29+,30-,31+/m1/s1. The molecule has 6 atom stereocenters. The van der Waals surface area contributed by atoms with E-state index in [9.17, 15) is 19.8 Å². The first-order valence-corrected chi connectivity index (χ1v) is 14.3. The third-order valence-electron chi connectivity index (χ3n) is 7.95. The molecule has 0 unspecified atom stereocenters. The van der Waals surface area contributed by atoms with Crippen molar-refractivity contribution >= 4 is 12.0 Å². The predicted molar refractivity (Wildman–Crippen MR) is 154 cm³/mol. The van der Waals surface area contributed by atoms with Gasteiger partial charge in [-0.1, -0.05) is 84.9 Å². The summed E-state index contributed by atoms with van der Waals surface area (Å²) in [5.41, 5.74) is 3.83. The minimum atomic E-state index is -1.04. The number of aliphatic hydroxyl groups is 2. The third-order valence-corrected chi connectivity index (χ3v) is 7.95. The summed E-state index contributed by atoms with van der Waals surface area (Å²) in [4.78, 5) is 26.6. The Hall–Kier alpha value is -3.72. The van der Waals surface area contributed by atoms with Gasteiger partial charge in [0.2, 0.25) is 5.91 Å². The van der Waals surface area contributed by atoms with Crippen LogP contribution in [-0.2, 0) is 33.5 Å². The molecule has 0 radical (unpaired) electrons. The Kier molecular flexibility index (Phi) is 9.67. The Bertz CT molecular complexity index is 1280. The highest BCUT2D eigenvalue weighted by molar-refractivity contribution is 5.80. The van der Waals surface area contributed by atoms with Crippen molar-refractivity contribution in [1.29, 1.82) is 0 Å². The summed E-state index contributed by atoms with van der Waals surface area (Å²) in [6.07, 6.45) is -0.711. The van der Waals surface area contributed by atoms with Crippen LogP contribution in [0.15, 0.2) is 84.9 Å². The van der Waals surface area contributed by atoms with Crippen LogP contribution in [0.5, 0.6) is 0 Å². The van der Waals surface area contributed by atoms with Crippen LogP contribution in [0.25, 0.3) is 0 Å². The lowest BCUT2D eigenvalue weighted by atomic mass is 9.88. The van der Waals surface area contributed by atoms with Crippen LogP contribution in [0.2, 0.25) is 0 Å². The molecule has 0 bridgehead atoms. The molecule has 216 valence electrons. The number of fused-ring (bicyclic) bond motifs is 1. The molecule has 0 aromatic heterocycles. The fourth-order valence-corrected chi connectivity index (χ4v) is 5.75. The average molecular weight is 559 g/mol. The third kappa shape index (κ3) is 7.73. The maximum absolute atomic E-state index is 13.8. The second-order valence-electron chi connectivity index (χ2n) is 11.0. The van der Waals surface area contributed by atoms with Crippen molar-refractivity contribution in [3.63, 3.8) is 0 Å². The van der Waals surface area contributed by atoms with Crippen LogP contribution in [0.1, 0.15) is 41.1 Å². The van der Waals surface area contributed by atoms with Crippen molar-refractivity contribution in [2.45, 2.75) is 62.5 Å². The maximum Gasteiger partial charge on any atom is 0.407 e. The molecular formula is C33H38N2O6. The molecule has 1 saturated heterocycles. The van der Waals surface area contributed by atoms with Crippen molar-refractivity contribution in [3.8, 4) is 0 Å². The zero-order chi connectivity index (χ0) is 28.6. The fourth-order valence-electron chi connectivity index (χ4n) is 5.75. The predicted octanol–water partition coefficient (Wildman–Crippen LogP) is 3.50. The highest BCUT2D eigenvalue weighted by atomic mass is 16.6. The van der Waals surface area contributed by atoms with Crippen molar-refractivity contribution in [1.82, 2.24) is 10.6 Å². The van der Waals surface area contributed by atoms with E-state index in [0.29, 0.717) is 38.9 Å². The SMILES string of the molecule is O=C(N[C@@H](Cc1ccccc1)[C@@H](O)C[C@@H](Cc1ccccc1)C(=O)N[C@H]1c2ccccc2C[C@H]1O)O[C@@H]1CCOC1. The number of aliphatic hydroxyl groups excluding tert-OH is 2. The van der Waals surface area contributed by atoms with E-state index < -0.39 is 36.3 Å². The molecule has 2 aliphatic rings. The smallest absolute Gasteiger partial charge is 0.407 e. The van der Waals surface area contributed by atoms with Gasteiger partial charge >= 0.3 is 6.09 Å². The van der Waals surface area contributed by atoms with Gasteiger partial charge in [-0.3, -0.25) is 4.79 Å². The van der Waals surface area contributed by atoms with Crippen LogP contribution >= 0.6 is 0 Å². The van der Waals surface area contributed by atoms with Gasteiger partial charge in [0.25, 0.3) is 0 Å². The molecule has 1 aliphatic carbocycles. The summed E-state index contributed by atoms with van der Waals surface area (Å²) in [5.74, 6) is -0.857.